The first-order valence-corrected chi connectivity index (χ1v) is 7.08. The van der Waals surface area contributed by atoms with Crippen LogP contribution in [0.5, 0.6) is 0 Å². The third-order valence-corrected chi connectivity index (χ3v) is 2.98. The largest absolute Gasteiger partial charge is 0.411 e. The summed E-state index contributed by atoms with van der Waals surface area (Å²) in [5, 5.41) is 0. The van der Waals surface area contributed by atoms with Gasteiger partial charge in [0.05, 0.1) is 0 Å². The molecule has 0 spiro atoms. The van der Waals surface area contributed by atoms with Crippen molar-refractivity contribution in [3.05, 3.63) is 29.8 Å². The van der Waals surface area contributed by atoms with E-state index in [0.29, 0.717) is 19.5 Å². The average molecular weight is 304 g/mol. The maximum Gasteiger partial charge on any atom is 0.411 e. The molecule has 0 amide bonds. The van der Waals surface area contributed by atoms with E-state index in [4.69, 9.17) is 5.73 Å². The van der Waals surface area contributed by atoms with Gasteiger partial charge in [-0.05, 0) is 44.0 Å². The monoisotopic (exact) mass is 304 g/mol. The number of alkyl halides is 3. The number of aryl methyl sites for hydroxylation is 1. The summed E-state index contributed by atoms with van der Waals surface area (Å²) < 4.78 is 40.5. The van der Waals surface area contributed by atoms with Crippen molar-refractivity contribution in [2.45, 2.75) is 25.9 Å². The quantitative estimate of drug-likeness (QED) is 0.712. The van der Waals surface area contributed by atoms with E-state index in [-0.39, 0.29) is 6.61 Å². The Balaban J connectivity index is 2.43. The van der Waals surface area contributed by atoms with E-state index in [1.165, 1.54) is 0 Å². The van der Waals surface area contributed by atoms with Crippen LogP contribution in [0, 0.1) is 6.92 Å². The minimum absolute atomic E-state index is 0.102. The summed E-state index contributed by atoms with van der Waals surface area (Å²) in [5.74, 6) is 0. The number of nitrogens with two attached hydrogens (primary N) is 1. The summed E-state index contributed by atoms with van der Waals surface area (Å²) in [5.41, 5.74) is 7.75. The van der Waals surface area contributed by atoms with Gasteiger partial charge in [-0.1, -0.05) is 12.1 Å². The lowest BCUT2D eigenvalue weighted by atomic mass is 10.2. The van der Waals surface area contributed by atoms with Crippen molar-refractivity contribution in [1.29, 1.82) is 0 Å². The lowest BCUT2D eigenvalue weighted by Gasteiger charge is -2.25. The van der Waals surface area contributed by atoms with Crippen LogP contribution >= 0.6 is 0 Å². The summed E-state index contributed by atoms with van der Waals surface area (Å²) >= 11 is 0. The van der Waals surface area contributed by atoms with E-state index in [9.17, 15) is 13.2 Å². The van der Waals surface area contributed by atoms with E-state index < -0.39 is 12.8 Å². The van der Waals surface area contributed by atoms with Crippen LogP contribution < -0.4 is 10.6 Å². The highest BCUT2D eigenvalue weighted by Gasteiger charge is 2.27. The Morgan fingerprint density at radius 3 is 2.52 bits per heavy atom. The topological polar surface area (TPSA) is 38.5 Å². The van der Waals surface area contributed by atoms with E-state index in [0.717, 1.165) is 24.2 Å². The molecule has 0 saturated heterocycles. The van der Waals surface area contributed by atoms with Gasteiger partial charge in [-0.3, -0.25) is 0 Å². The molecule has 1 aromatic carbocycles. The Bertz CT molecular complexity index is 410. The Morgan fingerprint density at radius 1 is 1.19 bits per heavy atom. The lowest BCUT2D eigenvalue weighted by molar-refractivity contribution is -0.173. The zero-order chi connectivity index (χ0) is 15.7. The number of hydrogen-bond acceptors (Lipinski definition) is 3. The van der Waals surface area contributed by atoms with Crippen LogP contribution in [0.3, 0.4) is 0 Å². The maximum absolute atomic E-state index is 12.0. The Morgan fingerprint density at radius 2 is 1.90 bits per heavy atom. The van der Waals surface area contributed by atoms with E-state index >= 15 is 0 Å². The molecule has 0 saturated carbocycles. The van der Waals surface area contributed by atoms with E-state index in [1.807, 2.05) is 25.1 Å². The number of ether oxygens (including phenoxy) is 1. The van der Waals surface area contributed by atoms with Crippen LogP contribution in [-0.2, 0) is 4.74 Å². The summed E-state index contributed by atoms with van der Waals surface area (Å²) in [6.07, 6.45) is -2.86. The van der Waals surface area contributed by atoms with Gasteiger partial charge in [0.1, 0.15) is 6.61 Å². The van der Waals surface area contributed by atoms with Gasteiger partial charge in [-0.25, -0.2) is 0 Å². The highest BCUT2D eigenvalue weighted by molar-refractivity contribution is 5.48. The zero-order valence-corrected chi connectivity index (χ0v) is 12.3. The van der Waals surface area contributed by atoms with Gasteiger partial charge in [-0.2, -0.15) is 13.2 Å². The molecule has 0 aliphatic heterocycles. The molecule has 1 aromatic rings. The van der Waals surface area contributed by atoms with Gasteiger partial charge >= 0.3 is 6.18 Å². The molecule has 6 heteroatoms. The summed E-state index contributed by atoms with van der Waals surface area (Å²) in [7, 11) is 0. The van der Waals surface area contributed by atoms with Crippen molar-refractivity contribution in [2.24, 2.45) is 5.73 Å². The van der Waals surface area contributed by atoms with Crippen LogP contribution in [0.15, 0.2) is 24.3 Å². The number of benzene rings is 1. The van der Waals surface area contributed by atoms with Gasteiger partial charge < -0.3 is 15.4 Å². The van der Waals surface area contributed by atoms with Gasteiger partial charge in [-0.15, -0.1) is 0 Å². The molecule has 3 nitrogen and oxygen atoms in total. The number of anilines is 1. The SMILES string of the molecule is Cc1cccc(N(CCCN)CCCOCC(F)(F)F)c1. The molecular weight excluding hydrogens is 281 g/mol. The highest BCUT2D eigenvalue weighted by Crippen LogP contribution is 2.17. The fraction of sp³-hybridized carbons (Fsp3) is 0.600. The molecule has 21 heavy (non-hydrogen) atoms. The van der Waals surface area contributed by atoms with Crippen molar-refractivity contribution in [3.8, 4) is 0 Å². The third-order valence-electron chi connectivity index (χ3n) is 2.98. The molecule has 0 aliphatic carbocycles. The molecular formula is C15H23F3N2O. The van der Waals surface area contributed by atoms with Crippen molar-refractivity contribution >= 4 is 5.69 Å². The molecule has 0 unspecified atom stereocenters. The molecule has 0 bridgehead atoms. The fourth-order valence-electron chi connectivity index (χ4n) is 2.02. The molecule has 2 N–H and O–H groups in total. The van der Waals surface area contributed by atoms with Crippen molar-refractivity contribution in [1.82, 2.24) is 0 Å². The number of rotatable bonds is 9. The second-order valence-electron chi connectivity index (χ2n) is 4.99. The minimum atomic E-state index is -4.25. The lowest BCUT2D eigenvalue weighted by Crippen LogP contribution is -2.28. The molecule has 1 rings (SSSR count). The van der Waals surface area contributed by atoms with E-state index in [1.54, 1.807) is 0 Å². The zero-order valence-electron chi connectivity index (χ0n) is 12.3. The molecule has 0 aliphatic rings. The first kappa shape index (κ1) is 17.8. The third kappa shape index (κ3) is 7.92. The van der Waals surface area contributed by atoms with Crippen molar-refractivity contribution in [3.63, 3.8) is 0 Å². The van der Waals surface area contributed by atoms with Gasteiger partial charge in [0.15, 0.2) is 0 Å². The number of hydrogen-bond donors (Lipinski definition) is 1. The Kier molecular flexibility index (Phi) is 7.53. The van der Waals surface area contributed by atoms with Crippen LogP contribution in [0.25, 0.3) is 0 Å². The minimum Gasteiger partial charge on any atom is -0.372 e. The standard InChI is InChI=1S/C15H23F3N2O/c1-13-5-2-6-14(11-13)20(8-3-7-19)9-4-10-21-12-15(16,17)18/h2,5-6,11H,3-4,7-10,12,19H2,1H3. The highest BCUT2D eigenvalue weighted by atomic mass is 19.4. The molecule has 0 aromatic heterocycles. The molecule has 120 valence electrons. The average Bonchev–Trinajstić information content (AvgIpc) is 2.40. The summed E-state index contributed by atoms with van der Waals surface area (Å²) in [6.45, 7) is 2.97. The molecule has 0 fully saturated rings. The van der Waals surface area contributed by atoms with Crippen molar-refractivity contribution < 1.29 is 17.9 Å². The fourth-order valence-corrected chi connectivity index (χ4v) is 2.02. The summed E-state index contributed by atoms with van der Waals surface area (Å²) in [6, 6.07) is 8.05. The number of halogens is 3. The van der Waals surface area contributed by atoms with Crippen LogP contribution in [0.1, 0.15) is 18.4 Å². The van der Waals surface area contributed by atoms with Crippen LogP contribution in [0.2, 0.25) is 0 Å². The van der Waals surface area contributed by atoms with Crippen LogP contribution in [-0.4, -0.2) is 39.0 Å². The van der Waals surface area contributed by atoms with Crippen LogP contribution in [0.4, 0.5) is 18.9 Å². The van der Waals surface area contributed by atoms with Gasteiger partial charge in [0, 0.05) is 25.4 Å². The van der Waals surface area contributed by atoms with Gasteiger partial charge in [0.2, 0.25) is 0 Å². The number of nitrogens with zero attached hydrogens (tertiary/aromatic N) is 1. The van der Waals surface area contributed by atoms with Crippen molar-refractivity contribution in [2.75, 3.05) is 37.7 Å². The normalized spacial score (nSPS) is 11.7. The second-order valence-corrected chi connectivity index (χ2v) is 4.99. The molecule has 0 heterocycles. The second kappa shape index (κ2) is 8.89. The van der Waals surface area contributed by atoms with E-state index in [2.05, 4.69) is 15.7 Å². The summed E-state index contributed by atoms with van der Waals surface area (Å²) in [4.78, 5) is 2.14. The smallest absolute Gasteiger partial charge is 0.372 e. The Hall–Kier alpha value is -1.27. The first-order valence-electron chi connectivity index (χ1n) is 7.08. The van der Waals surface area contributed by atoms with Gasteiger partial charge in [0.25, 0.3) is 0 Å². The predicted octanol–water partition coefficient (Wildman–Crippen LogP) is 3.12. The maximum atomic E-state index is 12.0. The Labute approximate surface area is 123 Å². The molecule has 0 radical (unpaired) electrons. The first-order chi connectivity index (χ1) is 9.92. The predicted molar refractivity (Wildman–Crippen MR) is 78.6 cm³/mol. The molecule has 0 atom stereocenters.